The van der Waals surface area contributed by atoms with E-state index in [-0.39, 0.29) is 11.9 Å². The van der Waals surface area contributed by atoms with Crippen LogP contribution in [0.2, 0.25) is 0 Å². The van der Waals surface area contributed by atoms with E-state index >= 15 is 0 Å². The molecular formula is C22H27FN6. The van der Waals surface area contributed by atoms with E-state index in [1.807, 2.05) is 49.9 Å². The van der Waals surface area contributed by atoms with Crippen molar-refractivity contribution in [2.45, 2.75) is 32.4 Å². The fourth-order valence-corrected chi connectivity index (χ4v) is 4.08. The van der Waals surface area contributed by atoms with Crippen LogP contribution in [0, 0.1) is 12.7 Å². The Balaban J connectivity index is 1.74. The van der Waals surface area contributed by atoms with Gasteiger partial charge in [0.25, 0.3) is 0 Å². The number of likely N-dealkylation sites (tertiary alicyclic amines) is 1. The first-order valence-electron chi connectivity index (χ1n) is 9.95. The van der Waals surface area contributed by atoms with Crippen molar-refractivity contribution in [3.05, 3.63) is 59.4 Å². The zero-order valence-electron chi connectivity index (χ0n) is 17.4. The van der Waals surface area contributed by atoms with Crippen LogP contribution in [0.25, 0.3) is 11.1 Å². The molecule has 0 amide bonds. The van der Waals surface area contributed by atoms with Crippen LogP contribution in [0.3, 0.4) is 0 Å². The van der Waals surface area contributed by atoms with Crippen molar-refractivity contribution in [1.29, 1.82) is 0 Å². The minimum Gasteiger partial charge on any atom is -0.347 e. The van der Waals surface area contributed by atoms with Crippen molar-refractivity contribution in [3.8, 4) is 11.1 Å². The SMILES string of the molecule is Cc1nn(C)cc1CN1CCC[C@H]1c1nc(N(C)C)ncc1-c1cccc(F)c1. The fraction of sp³-hybridized carbons (Fsp3) is 0.409. The van der Waals surface area contributed by atoms with Crippen LogP contribution < -0.4 is 4.90 Å². The number of aryl methyl sites for hydroxylation is 2. The third-order valence-corrected chi connectivity index (χ3v) is 5.51. The van der Waals surface area contributed by atoms with E-state index in [0.29, 0.717) is 5.95 Å². The summed E-state index contributed by atoms with van der Waals surface area (Å²) in [7, 11) is 5.83. The normalized spacial score (nSPS) is 17.1. The molecule has 1 aromatic carbocycles. The van der Waals surface area contributed by atoms with Gasteiger partial charge in [-0.2, -0.15) is 5.10 Å². The van der Waals surface area contributed by atoms with E-state index in [4.69, 9.17) is 4.98 Å². The summed E-state index contributed by atoms with van der Waals surface area (Å²) in [4.78, 5) is 13.8. The second kappa shape index (κ2) is 7.91. The standard InChI is InChI=1S/C22H27FN6/c1-15-17(13-28(4)26-15)14-29-10-6-9-20(29)21-19(12-24-22(25-21)27(2)3)16-7-5-8-18(23)11-16/h5,7-8,11-13,20H,6,9-10,14H2,1-4H3/t20-/m0/s1. The minimum atomic E-state index is -0.251. The summed E-state index contributed by atoms with van der Waals surface area (Å²) in [6, 6.07) is 6.84. The van der Waals surface area contributed by atoms with Gasteiger partial charge in [-0.25, -0.2) is 14.4 Å². The van der Waals surface area contributed by atoms with Gasteiger partial charge in [-0.1, -0.05) is 12.1 Å². The number of aromatic nitrogens is 4. The zero-order valence-corrected chi connectivity index (χ0v) is 17.4. The smallest absolute Gasteiger partial charge is 0.225 e. The van der Waals surface area contributed by atoms with Crippen LogP contribution in [0.1, 0.15) is 35.8 Å². The highest BCUT2D eigenvalue weighted by atomic mass is 19.1. The molecule has 3 heterocycles. The van der Waals surface area contributed by atoms with Gasteiger partial charge in [0.1, 0.15) is 5.82 Å². The molecule has 2 aromatic heterocycles. The Hall–Kier alpha value is -2.80. The second-order valence-electron chi connectivity index (χ2n) is 7.92. The molecule has 4 rings (SSSR count). The number of benzene rings is 1. The monoisotopic (exact) mass is 394 g/mol. The molecule has 1 fully saturated rings. The van der Waals surface area contributed by atoms with Gasteiger partial charge in [0.05, 0.1) is 17.4 Å². The summed E-state index contributed by atoms with van der Waals surface area (Å²) in [5, 5.41) is 4.48. The molecule has 3 aromatic rings. The van der Waals surface area contributed by atoms with Crippen molar-refractivity contribution >= 4 is 5.95 Å². The van der Waals surface area contributed by atoms with Crippen molar-refractivity contribution in [2.24, 2.45) is 7.05 Å². The Bertz CT molecular complexity index is 1010. The molecule has 0 N–H and O–H groups in total. The van der Waals surface area contributed by atoms with Gasteiger partial charge in [0.2, 0.25) is 5.95 Å². The number of halogens is 1. The van der Waals surface area contributed by atoms with Crippen LogP contribution in [0.4, 0.5) is 10.3 Å². The van der Waals surface area contributed by atoms with Crippen LogP contribution in [0.15, 0.2) is 36.7 Å². The van der Waals surface area contributed by atoms with E-state index in [1.165, 1.54) is 11.6 Å². The first-order chi connectivity index (χ1) is 13.9. The highest BCUT2D eigenvalue weighted by Gasteiger charge is 2.31. The quantitative estimate of drug-likeness (QED) is 0.660. The zero-order chi connectivity index (χ0) is 20.5. The molecule has 0 saturated carbocycles. The van der Waals surface area contributed by atoms with Crippen molar-refractivity contribution in [3.63, 3.8) is 0 Å². The molecule has 0 spiro atoms. The summed E-state index contributed by atoms with van der Waals surface area (Å²) in [6.07, 6.45) is 6.04. The largest absolute Gasteiger partial charge is 0.347 e. The molecular weight excluding hydrogens is 367 g/mol. The summed E-state index contributed by atoms with van der Waals surface area (Å²) in [6.45, 7) is 3.88. The van der Waals surface area contributed by atoms with Gasteiger partial charge >= 0.3 is 0 Å². The average molecular weight is 394 g/mol. The first kappa shape index (κ1) is 19.5. The van der Waals surface area contributed by atoms with Crippen LogP contribution >= 0.6 is 0 Å². The van der Waals surface area contributed by atoms with Gasteiger partial charge in [-0.3, -0.25) is 9.58 Å². The van der Waals surface area contributed by atoms with Crippen molar-refractivity contribution < 1.29 is 4.39 Å². The first-order valence-corrected chi connectivity index (χ1v) is 9.95. The Morgan fingerprint density at radius 2 is 2.10 bits per heavy atom. The maximum atomic E-state index is 13.9. The Kier molecular flexibility index (Phi) is 5.32. The highest BCUT2D eigenvalue weighted by Crippen LogP contribution is 2.38. The molecule has 7 heteroatoms. The van der Waals surface area contributed by atoms with Crippen LogP contribution in [0.5, 0.6) is 0 Å². The predicted molar refractivity (Wildman–Crippen MR) is 112 cm³/mol. The molecule has 6 nitrogen and oxygen atoms in total. The number of anilines is 1. The van der Waals surface area contributed by atoms with Gasteiger partial charge in [0.15, 0.2) is 0 Å². The molecule has 0 bridgehead atoms. The molecule has 0 radical (unpaired) electrons. The lowest BCUT2D eigenvalue weighted by atomic mass is 9.99. The third-order valence-electron chi connectivity index (χ3n) is 5.51. The van der Waals surface area contributed by atoms with E-state index in [1.54, 1.807) is 12.1 Å². The molecule has 0 aliphatic carbocycles. The van der Waals surface area contributed by atoms with Crippen molar-refractivity contribution in [2.75, 3.05) is 25.5 Å². The minimum absolute atomic E-state index is 0.162. The Morgan fingerprint density at radius 3 is 2.79 bits per heavy atom. The van der Waals surface area contributed by atoms with Crippen molar-refractivity contribution in [1.82, 2.24) is 24.6 Å². The van der Waals surface area contributed by atoms with Crippen LogP contribution in [-0.2, 0) is 13.6 Å². The number of hydrogen-bond donors (Lipinski definition) is 0. The maximum absolute atomic E-state index is 13.9. The molecule has 29 heavy (non-hydrogen) atoms. The summed E-state index contributed by atoms with van der Waals surface area (Å²) < 4.78 is 15.8. The molecule has 1 saturated heterocycles. The number of rotatable bonds is 5. The lowest BCUT2D eigenvalue weighted by Gasteiger charge is -2.26. The fourth-order valence-electron chi connectivity index (χ4n) is 4.08. The molecule has 1 aliphatic heterocycles. The average Bonchev–Trinajstić information content (AvgIpc) is 3.27. The summed E-state index contributed by atoms with van der Waals surface area (Å²) >= 11 is 0. The molecule has 1 aliphatic rings. The van der Waals surface area contributed by atoms with E-state index in [0.717, 1.165) is 48.4 Å². The molecule has 1 atom stereocenters. The third kappa shape index (κ3) is 4.00. The number of hydrogen-bond acceptors (Lipinski definition) is 5. The Labute approximate surface area is 171 Å². The summed E-state index contributed by atoms with van der Waals surface area (Å²) in [5.74, 6) is 0.420. The van der Waals surface area contributed by atoms with Gasteiger partial charge in [-0.15, -0.1) is 0 Å². The maximum Gasteiger partial charge on any atom is 0.225 e. The van der Waals surface area contributed by atoms with Crippen LogP contribution in [-0.4, -0.2) is 45.3 Å². The number of nitrogens with zero attached hydrogens (tertiary/aromatic N) is 6. The molecule has 152 valence electrons. The van der Waals surface area contributed by atoms with Gasteiger partial charge in [-0.05, 0) is 44.0 Å². The topological polar surface area (TPSA) is 50.1 Å². The van der Waals surface area contributed by atoms with Gasteiger partial charge in [0, 0.05) is 51.2 Å². The van der Waals surface area contributed by atoms with Gasteiger partial charge < -0.3 is 4.90 Å². The Morgan fingerprint density at radius 1 is 1.28 bits per heavy atom. The van der Waals surface area contributed by atoms with E-state index in [2.05, 4.69) is 21.2 Å². The lowest BCUT2D eigenvalue weighted by molar-refractivity contribution is 0.244. The lowest BCUT2D eigenvalue weighted by Crippen LogP contribution is -2.25. The molecule has 0 unspecified atom stereocenters. The second-order valence-corrected chi connectivity index (χ2v) is 7.92. The highest BCUT2D eigenvalue weighted by molar-refractivity contribution is 5.66. The summed E-state index contributed by atoms with van der Waals surface area (Å²) in [5.41, 5.74) is 4.96. The van der Waals surface area contributed by atoms with E-state index < -0.39 is 0 Å². The van der Waals surface area contributed by atoms with E-state index in [9.17, 15) is 4.39 Å². The predicted octanol–water partition coefficient (Wildman–Crippen LogP) is 3.73.